The standard InChI is InChI=1S/C17H24N4O2/c1-19(2)17(23)12-21-15-7-9-20(14(15)5-6-16(21)22)11-13-4-3-8-18-10-13/h3-4,8,10,14-15H,5-7,9,11-12H2,1-2H3/t14-,15-/m1/s1. The molecule has 2 amide bonds. The summed E-state index contributed by atoms with van der Waals surface area (Å²) in [6.45, 7) is 2.02. The molecule has 1 aromatic heterocycles. The fourth-order valence-electron chi connectivity index (χ4n) is 3.65. The number of nitrogens with zero attached hydrogens (tertiary/aromatic N) is 4. The first-order chi connectivity index (χ1) is 11.1. The quantitative estimate of drug-likeness (QED) is 0.822. The zero-order chi connectivity index (χ0) is 16.4. The van der Waals surface area contributed by atoms with Crippen molar-refractivity contribution in [2.24, 2.45) is 0 Å². The molecule has 6 nitrogen and oxygen atoms in total. The molecule has 3 heterocycles. The zero-order valence-electron chi connectivity index (χ0n) is 13.8. The van der Waals surface area contributed by atoms with Crippen LogP contribution in [0.2, 0.25) is 0 Å². The summed E-state index contributed by atoms with van der Waals surface area (Å²) in [5, 5.41) is 0. The molecule has 2 atom stereocenters. The second kappa shape index (κ2) is 6.66. The van der Waals surface area contributed by atoms with Crippen LogP contribution in [0, 0.1) is 0 Å². The molecule has 23 heavy (non-hydrogen) atoms. The summed E-state index contributed by atoms with van der Waals surface area (Å²) in [6.07, 6.45) is 6.04. The third-order valence-electron chi connectivity index (χ3n) is 4.91. The molecule has 2 fully saturated rings. The van der Waals surface area contributed by atoms with E-state index in [0.29, 0.717) is 12.5 Å². The second-order valence-electron chi connectivity index (χ2n) is 6.60. The summed E-state index contributed by atoms with van der Waals surface area (Å²) in [5.74, 6) is 0.106. The molecule has 1 aromatic rings. The van der Waals surface area contributed by atoms with Crippen LogP contribution in [0.25, 0.3) is 0 Å². The highest BCUT2D eigenvalue weighted by Crippen LogP contribution is 2.32. The highest BCUT2D eigenvalue weighted by atomic mass is 16.2. The first-order valence-corrected chi connectivity index (χ1v) is 8.19. The smallest absolute Gasteiger partial charge is 0.241 e. The van der Waals surface area contributed by atoms with Crippen molar-refractivity contribution in [1.82, 2.24) is 19.7 Å². The minimum atomic E-state index is -0.00953. The van der Waals surface area contributed by atoms with Crippen molar-refractivity contribution in [1.29, 1.82) is 0 Å². The Morgan fingerprint density at radius 1 is 1.35 bits per heavy atom. The molecule has 0 unspecified atom stereocenters. The third-order valence-corrected chi connectivity index (χ3v) is 4.91. The van der Waals surface area contributed by atoms with Crippen molar-refractivity contribution in [2.45, 2.75) is 37.9 Å². The first-order valence-electron chi connectivity index (χ1n) is 8.19. The predicted octanol–water partition coefficient (Wildman–Crippen LogP) is 0.735. The Labute approximate surface area is 137 Å². The van der Waals surface area contributed by atoms with Crippen LogP contribution < -0.4 is 0 Å². The largest absolute Gasteiger partial charge is 0.347 e. The van der Waals surface area contributed by atoms with E-state index in [-0.39, 0.29) is 24.4 Å². The van der Waals surface area contributed by atoms with Crippen LogP contribution in [0.4, 0.5) is 0 Å². The van der Waals surface area contributed by atoms with Crippen LogP contribution in [-0.4, -0.2) is 70.8 Å². The molecule has 2 aliphatic heterocycles. The summed E-state index contributed by atoms with van der Waals surface area (Å²) < 4.78 is 0. The summed E-state index contributed by atoms with van der Waals surface area (Å²) in [7, 11) is 3.47. The Morgan fingerprint density at radius 2 is 2.17 bits per heavy atom. The minimum Gasteiger partial charge on any atom is -0.347 e. The van der Waals surface area contributed by atoms with Gasteiger partial charge in [-0.2, -0.15) is 0 Å². The number of piperidine rings is 1. The van der Waals surface area contributed by atoms with E-state index in [0.717, 1.165) is 25.9 Å². The van der Waals surface area contributed by atoms with E-state index in [4.69, 9.17) is 0 Å². The normalized spacial score (nSPS) is 24.6. The van der Waals surface area contributed by atoms with Crippen molar-refractivity contribution >= 4 is 11.8 Å². The Balaban J connectivity index is 1.69. The van der Waals surface area contributed by atoms with Gasteiger partial charge in [-0.1, -0.05) is 6.07 Å². The van der Waals surface area contributed by atoms with Gasteiger partial charge in [0.05, 0.1) is 0 Å². The summed E-state index contributed by atoms with van der Waals surface area (Å²) in [5.41, 5.74) is 1.20. The van der Waals surface area contributed by atoms with Gasteiger partial charge >= 0.3 is 0 Å². The number of hydrogen-bond acceptors (Lipinski definition) is 4. The van der Waals surface area contributed by atoms with Gasteiger partial charge in [0, 0.05) is 58.1 Å². The molecule has 0 aliphatic carbocycles. The number of hydrogen-bond donors (Lipinski definition) is 0. The molecule has 0 bridgehead atoms. The van der Waals surface area contributed by atoms with Crippen LogP contribution in [-0.2, 0) is 16.1 Å². The minimum absolute atomic E-state index is 0.00953. The van der Waals surface area contributed by atoms with Crippen molar-refractivity contribution in [3.8, 4) is 0 Å². The van der Waals surface area contributed by atoms with Crippen molar-refractivity contribution in [3.05, 3.63) is 30.1 Å². The van der Waals surface area contributed by atoms with Crippen LogP contribution >= 0.6 is 0 Å². The van der Waals surface area contributed by atoms with E-state index < -0.39 is 0 Å². The number of carbonyl (C=O) groups excluding carboxylic acids is 2. The van der Waals surface area contributed by atoms with Gasteiger partial charge in [0.2, 0.25) is 11.8 Å². The maximum absolute atomic E-state index is 12.3. The topological polar surface area (TPSA) is 56.8 Å². The van der Waals surface area contributed by atoms with Gasteiger partial charge < -0.3 is 9.80 Å². The maximum Gasteiger partial charge on any atom is 0.241 e. The monoisotopic (exact) mass is 316 g/mol. The summed E-state index contributed by atoms with van der Waals surface area (Å²) in [6, 6.07) is 4.55. The lowest BCUT2D eigenvalue weighted by atomic mass is 9.96. The van der Waals surface area contributed by atoms with Gasteiger partial charge in [0.15, 0.2) is 0 Å². The molecule has 0 spiro atoms. The van der Waals surface area contributed by atoms with Crippen molar-refractivity contribution in [3.63, 3.8) is 0 Å². The van der Waals surface area contributed by atoms with E-state index >= 15 is 0 Å². The molecule has 0 aromatic carbocycles. The average molecular weight is 316 g/mol. The van der Waals surface area contributed by atoms with Crippen LogP contribution in [0.1, 0.15) is 24.8 Å². The van der Waals surface area contributed by atoms with E-state index in [1.165, 1.54) is 5.56 Å². The molecular weight excluding hydrogens is 292 g/mol. The Kier molecular flexibility index (Phi) is 4.61. The number of likely N-dealkylation sites (tertiary alicyclic amines) is 2. The van der Waals surface area contributed by atoms with Crippen LogP contribution in [0.15, 0.2) is 24.5 Å². The lowest BCUT2D eigenvalue weighted by molar-refractivity contribution is -0.144. The Hall–Kier alpha value is -1.95. The lowest BCUT2D eigenvalue weighted by Gasteiger charge is -2.39. The molecule has 0 saturated carbocycles. The number of likely N-dealkylation sites (N-methyl/N-ethyl adjacent to an activating group) is 1. The van der Waals surface area contributed by atoms with Gasteiger partial charge in [0.1, 0.15) is 6.54 Å². The molecule has 6 heteroatoms. The first kappa shape index (κ1) is 15.9. The summed E-state index contributed by atoms with van der Waals surface area (Å²) >= 11 is 0. The number of rotatable bonds is 4. The van der Waals surface area contributed by atoms with Crippen LogP contribution in [0.3, 0.4) is 0 Å². The highest BCUT2D eigenvalue weighted by molar-refractivity contribution is 5.85. The number of aromatic nitrogens is 1. The Morgan fingerprint density at radius 3 is 2.87 bits per heavy atom. The highest BCUT2D eigenvalue weighted by Gasteiger charge is 2.43. The molecular formula is C17H24N4O2. The number of pyridine rings is 1. The van der Waals surface area contributed by atoms with E-state index in [9.17, 15) is 9.59 Å². The molecule has 0 N–H and O–H groups in total. The second-order valence-corrected chi connectivity index (χ2v) is 6.60. The van der Waals surface area contributed by atoms with E-state index in [1.807, 2.05) is 12.3 Å². The number of fused-ring (bicyclic) bond motifs is 1. The zero-order valence-corrected chi connectivity index (χ0v) is 13.8. The SMILES string of the molecule is CN(C)C(=O)CN1C(=O)CC[C@@H]2[C@H]1CCN2Cc1cccnc1. The molecule has 2 saturated heterocycles. The molecule has 124 valence electrons. The van der Waals surface area contributed by atoms with Crippen molar-refractivity contribution in [2.75, 3.05) is 27.2 Å². The van der Waals surface area contributed by atoms with E-state index in [1.54, 1.807) is 30.1 Å². The third kappa shape index (κ3) is 3.37. The number of amides is 2. The van der Waals surface area contributed by atoms with Crippen molar-refractivity contribution < 1.29 is 9.59 Å². The fourth-order valence-corrected chi connectivity index (χ4v) is 3.65. The van der Waals surface area contributed by atoms with Gasteiger partial charge in [0.25, 0.3) is 0 Å². The van der Waals surface area contributed by atoms with Gasteiger partial charge in [-0.05, 0) is 24.5 Å². The average Bonchev–Trinajstić information content (AvgIpc) is 2.94. The predicted molar refractivity (Wildman–Crippen MR) is 86.5 cm³/mol. The molecule has 0 radical (unpaired) electrons. The number of carbonyl (C=O) groups is 2. The maximum atomic E-state index is 12.3. The van der Waals surface area contributed by atoms with Gasteiger partial charge in [-0.25, -0.2) is 0 Å². The Bertz CT molecular complexity index is 575. The van der Waals surface area contributed by atoms with Gasteiger partial charge in [-0.15, -0.1) is 0 Å². The molecule has 2 aliphatic rings. The lowest BCUT2D eigenvalue weighted by Crippen LogP contribution is -2.54. The van der Waals surface area contributed by atoms with Crippen LogP contribution in [0.5, 0.6) is 0 Å². The summed E-state index contributed by atoms with van der Waals surface area (Å²) in [4.78, 5) is 34.3. The fraction of sp³-hybridized carbons (Fsp3) is 0.588. The van der Waals surface area contributed by atoms with Gasteiger partial charge in [-0.3, -0.25) is 19.5 Å². The molecule has 3 rings (SSSR count). The van der Waals surface area contributed by atoms with E-state index in [2.05, 4.69) is 16.0 Å².